The van der Waals surface area contributed by atoms with E-state index in [0.717, 1.165) is 23.4 Å². The fourth-order valence-corrected chi connectivity index (χ4v) is 3.37. The molecule has 0 radical (unpaired) electrons. The molecule has 142 valence electrons. The van der Waals surface area contributed by atoms with Crippen LogP contribution in [-0.4, -0.2) is 28.3 Å². The van der Waals surface area contributed by atoms with E-state index in [1.165, 1.54) is 24.2 Å². The number of pyridine rings is 1. The quantitative estimate of drug-likeness (QED) is 0.666. The third-order valence-electron chi connectivity index (χ3n) is 4.70. The van der Waals surface area contributed by atoms with Crippen LogP contribution in [0.1, 0.15) is 39.1 Å². The molecular formula is C21H20N4O2S. The molecule has 7 heteroatoms. The SMILES string of the molecule is Cc1ccc(C(=O)Nc2nccs2)cc1-c1ccc(C(=O)NCC2CC2)cn1. The van der Waals surface area contributed by atoms with Gasteiger partial charge in [0.05, 0.1) is 11.3 Å². The Morgan fingerprint density at radius 1 is 1.11 bits per heavy atom. The van der Waals surface area contributed by atoms with Gasteiger partial charge in [0.1, 0.15) is 0 Å². The van der Waals surface area contributed by atoms with E-state index in [2.05, 4.69) is 20.6 Å². The van der Waals surface area contributed by atoms with E-state index in [1.54, 1.807) is 24.5 Å². The molecule has 3 aromatic rings. The highest BCUT2D eigenvalue weighted by atomic mass is 32.1. The van der Waals surface area contributed by atoms with Gasteiger partial charge < -0.3 is 5.32 Å². The maximum atomic E-state index is 12.5. The zero-order valence-corrected chi connectivity index (χ0v) is 16.3. The van der Waals surface area contributed by atoms with Crippen molar-refractivity contribution in [1.82, 2.24) is 15.3 Å². The van der Waals surface area contributed by atoms with Crippen molar-refractivity contribution >= 4 is 28.3 Å². The summed E-state index contributed by atoms with van der Waals surface area (Å²) in [6.45, 7) is 2.70. The number of nitrogens with zero attached hydrogens (tertiary/aromatic N) is 2. The predicted octanol–water partition coefficient (Wildman–Crippen LogP) is 3.91. The van der Waals surface area contributed by atoms with Gasteiger partial charge in [-0.2, -0.15) is 0 Å². The molecule has 0 spiro atoms. The van der Waals surface area contributed by atoms with Crippen LogP contribution in [-0.2, 0) is 0 Å². The standard InChI is InChI=1S/C21H20N4O2S/c1-13-2-5-15(20(27)25-21-22-8-9-28-21)10-17(13)18-7-6-16(12-23-18)19(26)24-11-14-3-4-14/h2,5-10,12,14H,3-4,11H2,1H3,(H,24,26)(H,22,25,27). The number of thiazole rings is 1. The van der Waals surface area contributed by atoms with Crippen molar-refractivity contribution in [1.29, 1.82) is 0 Å². The molecule has 0 saturated heterocycles. The molecule has 1 saturated carbocycles. The second kappa shape index (κ2) is 7.90. The molecule has 0 unspecified atom stereocenters. The van der Waals surface area contributed by atoms with Gasteiger partial charge in [-0.25, -0.2) is 4.98 Å². The third-order valence-corrected chi connectivity index (χ3v) is 5.39. The molecule has 1 fully saturated rings. The summed E-state index contributed by atoms with van der Waals surface area (Å²) in [6, 6.07) is 9.07. The van der Waals surface area contributed by atoms with Crippen molar-refractivity contribution < 1.29 is 9.59 Å². The second-order valence-corrected chi connectivity index (χ2v) is 7.80. The summed E-state index contributed by atoms with van der Waals surface area (Å²) in [4.78, 5) is 33.2. The molecule has 0 atom stereocenters. The van der Waals surface area contributed by atoms with Crippen molar-refractivity contribution in [2.45, 2.75) is 19.8 Å². The molecular weight excluding hydrogens is 372 g/mol. The molecule has 2 N–H and O–H groups in total. The minimum atomic E-state index is -0.215. The van der Waals surface area contributed by atoms with Crippen molar-refractivity contribution in [3.05, 3.63) is 64.8 Å². The topological polar surface area (TPSA) is 84.0 Å². The lowest BCUT2D eigenvalue weighted by molar-refractivity contribution is 0.0950. The van der Waals surface area contributed by atoms with E-state index in [1.807, 2.05) is 30.5 Å². The summed E-state index contributed by atoms with van der Waals surface area (Å²) in [6.07, 6.45) is 5.62. The molecule has 6 nitrogen and oxygen atoms in total. The summed E-state index contributed by atoms with van der Waals surface area (Å²) >= 11 is 1.37. The van der Waals surface area contributed by atoms with E-state index in [9.17, 15) is 9.59 Å². The number of rotatable bonds is 6. The Labute approximate surface area is 167 Å². The maximum absolute atomic E-state index is 12.5. The van der Waals surface area contributed by atoms with Crippen molar-refractivity contribution in [3.8, 4) is 11.3 Å². The number of benzene rings is 1. The molecule has 0 aliphatic heterocycles. The first-order chi connectivity index (χ1) is 13.6. The second-order valence-electron chi connectivity index (χ2n) is 6.91. The van der Waals surface area contributed by atoms with Crippen LogP contribution in [0.25, 0.3) is 11.3 Å². The Hall–Kier alpha value is -3.06. The van der Waals surface area contributed by atoms with Gasteiger partial charge in [0, 0.05) is 35.4 Å². The number of hydrogen-bond acceptors (Lipinski definition) is 5. The van der Waals surface area contributed by atoms with E-state index in [4.69, 9.17) is 0 Å². The molecule has 2 aromatic heterocycles. The van der Waals surface area contributed by atoms with E-state index in [-0.39, 0.29) is 11.8 Å². The van der Waals surface area contributed by atoms with E-state index >= 15 is 0 Å². The lowest BCUT2D eigenvalue weighted by atomic mass is 10.0. The summed E-state index contributed by atoms with van der Waals surface area (Å²) < 4.78 is 0. The smallest absolute Gasteiger partial charge is 0.257 e. The van der Waals surface area contributed by atoms with Crippen LogP contribution in [0.3, 0.4) is 0 Å². The summed E-state index contributed by atoms with van der Waals surface area (Å²) in [5.41, 5.74) is 3.66. The molecule has 1 aromatic carbocycles. The van der Waals surface area contributed by atoms with Gasteiger partial charge in [0.25, 0.3) is 11.8 Å². The highest BCUT2D eigenvalue weighted by molar-refractivity contribution is 7.13. The Kier molecular flexibility index (Phi) is 5.16. The van der Waals surface area contributed by atoms with Crippen molar-refractivity contribution in [2.75, 3.05) is 11.9 Å². The number of aryl methyl sites for hydroxylation is 1. The first kappa shape index (κ1) is 18.3. The Morgan fingerprint density at radius 3 is 2.61 bits per heavy atom. The Bertz CT molecular complexity index is 996. The number of aromatic nitrogens is 2. The lowest BCUT2D eigenvalue weighted by Crippen LogP contribution is -2.25. The molecule has 28 heavy (non-hydrogen) atoms. The van der Waals surface area contributed by atoms with Crippen LogP contribution >= 0.6 is 11.3 Å². The lowest BCUT2D eigenvalue weighted by Gasteiger charge is -2.09. The zero-order valence-electron chi connectivity index (χ0n) is 15.4. The van der Waals surface area contributed by atoms with Crippen LogP contribution < -0.4 is 10.6 Å². The van der Waals surface area contributed by atoms with E-state index in [0.29, 0.717) is 22.2 Å². The first-order valence-electron chi connectivity index (χ1n) is 9.16. The fraction of sp³-hybridized carbons (Fsp3) is 0.238. The van der Waals surface area contributed by atoms with Crippen LogP contribution in [0.5, 0.6) is 0 Å². The number of carbonyl (C=O) groups excluding carboxylic acids is 2. The summed E-state index contributed by atoms with van der Waals surface area (Å²) in [7, 11) is 0. The highest BCUT2D eigenvalue weighted by Crippen LogP contribution is 2.28. The van der Waals surface area contributed by atoms with E-state index < -0.39 is 0 Å². The average molecular weight is 392 g/mol. The largest absolute Gasteiger partial charge is 0.352 e. The van der Waals surface area contributed by atoms with Gasteiger partial charge in [-0.1, -0.05) is 6.07 Å². The summed E-state index contributed by atoms with van der Waals surface area (Å²) in [5.74, 6) is 0.323. The number of carbonyl (C=O) groups is 2. The van der Waals surface area contributed by atoms with Crippen LogP contribution in [0, 0.1) is 12.8 Å². The Balaban J connectivity index is 1.51. The van der Waals surface area contributed by atoms with Gasteiger partial charge in [0.15, 0.2) is 5.13 Å². The van der Waals surface area contributed by atoms with Crippen molar-refractivity contribution in [3.63, 3.8) is 0 Å². The zero-order chi connectivity index (χ0) is 19.5. The third kappa shape index (κ3) is 4.26. The van der Waals surface area contributed by atoms with Crippen molar-refractivity contribution in [2.24, 2.45) is 5.92 Å². The average Bonchev–Trinajstić information content (AvgIpc) is 3.41. The number of amides is 2. The van der Waals surface area contributed by atoms with Crippen LogP contribution in [0.15, 0.2) is 48.1 Å². The van der Waals surface area contributed by atoms with Crippen LogP contribution in [0.2, 0.25) is 0 Å². The number of nitrogens with one attached hydrogen (secondary N) is 2. The van der Waals surface area contributed by atoms with Gasteiger partial charge >= 0.3 is 0 Å². The molecule has 1 aliphatic rings. The fourth-order valence-electron chi connectivity index (χ4n) is 2.84. The van der Waals surface area contributed by atoms with Gasteiger partial charge in [-0.3, -0.25) is 19.9 Å². The molecule has 1 aliphatic carbocycles. The normalized spacial score (nSPS) is 13.2. The predicted molar refractivity (Wildman–Crippen MR) is 110 cm³/mol. The minimum absolute atomic E-state index is 0.0979. The first-order valence-corrected chi connectivity index (χ1v) is 10.0. The monoisotopic (exact) mass is 392 g/mol. The molecule has 4 rings (SSSR count). The number of anilines is 1. The summed E-state index contributed by atoms with van der Waals surface area (Å²) in [5, 5.41) is 8.09. The molecule has 0 bridgehead atoms. The maximum Gasteiger partial charge on any atom is 0.257 e. The van der Waals surface area contributed by atoms with Crippen LogP contribution in [0.4, 0.5) is 5.13 Å². The number of hydrogen-bond donors (Lipinski definition) is 2. The molecule has 2 heterocycles. The molecule has 2 amide bonds. The minimum Gasteiger partial charge on any atom is -0.352 e. The van der Waals surface area contributed by atoms with Gasteiger partial charge in [0.2, 0.25) is 0 Å². The Morgan fingerprint density at radius 2 is 1.93 bits per heavy atom. The van der Waals surface area contributed by atoms with Gasteiger partial charge in [-0.15, -0.1) is 11.3 Å². The van der Waals surface area contributed by atoms with Gasteiger partial charge in [-0.05, 0) is 55.5 Å². The highest BCUT2D eigenvalue weighted by Gasteiger charge is 2.22.